The quantitative estimate of drug-likeness (QED) is 0.884. The van der Waals surface area contributed by atoms with E-state index >= 15 is 0 Å². The monoisotopic (exact) mass is 259 g/mol. The van der Waals surface area contributed by atoms with Crippen LogP contribution in [0.2, 0.25) is 5.02 Å². The first-order chi connectivity index (χ1) is 8.02. The number of carbonyl (C=O) groups is 1. The molecule has 3 nitrogen and oxygen atoms in total. The van der Waals surface area contributed by atoms with E-state index in [0.717, 1.165) is 0 Å². The van der Waals surface area contributed by atoms with Crippen LogP contribution in [0.1, 0.15) is 25.5 Å². The average molecular weight is 260 g/mol. The largest absolute Gasteiger partial charge is 0.480 e. The molecule has 5 heteroatoms. The number of benzene rings is 1. The SMILES string of the molecule is CCN(CC)C(C(=O)O)c1c(F)cccc1Cl. The molecule has 0 heterocycles. The van der Waals surface area contributed by atoms with Gasteiger partial charge in [0.05, 0.1) is 0 Å². The molecule has 0 saturated heterocycles. The van der Waals surface area contributed by atoms with E-state index in [0.29, 0.717) is 13.1 Å². The molecule has 17 heavy (non-hydrogen) atoms. The molecule has 0 bridgehead atoms. The summed E-state index contributed by atoms with van der Waals surface area (Å²) in [5, 5.41) is 9.38. The van der Waals surface area contributed by atoms with Crippen LogP contribution in [0.4, 0.5) is 4.39 Å². The zero-order chi connectivity index (χ0) is 13.0. The summed E-state index contributed by atoms with van der Waals surface area (Å²) in [6.07, 6.45) is 0. The second-order valence-electron chi connectivity index (χ2n) is 3.60. The highest BCUT2D eigenvalue weighted by Gasteiger charge is 2.29. The van der Waals surface area contributed by atoms with Gasteiger partial charge in [-0.25, -0.2) is 4.39 Å². The number of rotatable bonds is 5. The van der Waals surface area contributed by atoms with Crippen molar-refractivity contribution in [1.82, 2.24) is 4.90 Å². The van der Waals surface area contributed by atoms with Gasteiger partial charge in [-0.05, 0) is 25.2 Å². The first-order valence-electron chi connectivity index (χ1n) is 5.43. The van der Waals surface area contributed by atoms with Gasteiger partial charge in [-0.15, -0.1) is 0 Å². The summed E-state index contributed by atoms with van der Waals surface area (Å²) < 4.78 is 13.7. The number of halogens is 2. The van der Waals surface area contributed by atoms with Crippen LogP contribution in [-0.4, -0.2) is 29.1 Å². The number of likely N-dealkylation sites (N-methyl/N-ethyl adjacent to an activating group) is 1. The third kappa shape index (κ3) is 2.96. The van der Waals surface area contributed by atoms with Crippen molar-refractivity contribution in [2.75, 3.05) is 13.1 Å². The lowest BCUT2D eigenvalue weighted by molar-refractivity contribution is -0.143. The van der Waals surface area contributed by atoms with Crippen molar-refractivity contribution < 1.29 is 14.3 Å². The van der Waals surface area contributed by atoms with E-state index in [2.05, 4.69) is 0 Å². The molecule has 1 unspecified atom stereocenters. The van der Waals surface area contributed by atoms with Crippen LogP contribution in [0.3, 0.4) is 0 Å². The molecule has 1 aromatic rings. The minimum Gasteiger partial charge on any atom is -0.480 e. The summed E-state index contributed by atoms with van der Waals surface area (Å²) in [4.78, 5) is 12.9. The summed E-state index contributed by atoms with van der Waals surface area (Å²) in [5.74, 6) is -1.68. The lowest BCUT2D eigenvalue weighted by Gasteiger charge is -2.27. The second-order valence-corrected chi connectivity index (χ2v) is 4.00. The first kappa shape index (κ1) is 13.9. The van der Waals surface area contributed by atoms with Crippen LogP contribution < -0.4 is 0 Å². The highest BCUT2D eigenvalue weighted by molar-refractivity contribution is 6.31. The first-order valence-corrected chi connectivity index (χ1v) is 5.81. The lowest BCUT2D eigenvalue weighted by Crippen LogP contribution is -2.34. The van der Waals surface area contributed by atoms with Gasteiger partial charge in [0.15, 0.2) is 0 Å². The van der Waals surface area contributed by atoms with Gasteiger partial charge < -0.3 is 5.11 Å². The number of nitrogens with zero attached hydrogens (tertiary/aromatic N) is 1. The molecule has 1 rings (SSSR count). The van der Waals surface area contributed by atoms with E-state index < -0.39 is 17.8 Å². The summed E-state index contributed by atoms with van der Waals surface area (Å²) >= 11 is 5.90. The van der Waals surface area contributed by atoms with E-state index in [9.17, 15) is 14.3 Å². The normalized spacial score (nSPS) is 12.8. The topological polar surface area (TPSA) is 40.5 Å². The van der Waals surface area contributed by atoms with Gasteiger partial charge in [-0.2, -0.15) is 0 Å². The molecule has 0 aliphatic rings. The molecule has 0 saturated carbocycles. The molecule has 0 amide bonds. The number of hydrogen-bond acceptors (Lipinski definition) is 2. The van der Waals surface area contributed by atoms with Gasteiger partial charge in [0.2, 0.25) is 0 Å². The van der Waals surface area contributed by atoms with Crippen LogP contribution in [0, 0.1) is 5.82 Å². The van der Waals surface area contributed by atoms with Crippen molar-refractivity contribution in [2.45, 2.75) is 19.9 Å². The van der Waals surface area contributed by atoms with E-state index in [1.54, 1.807) is 4.90 Å². The smallest absolute Gasteiger partial charge is 0.325 e. The van der Waals surface area contributed by atoms with Crippen LogP contribution in [0.15, 0.2) is 18.2 Å². The Morgan fingerprint density at radius 2 is 2.06 bits per heavy atom. The number of carboxylic acids is 1. The average Bonchev–Trinajstić information content (AvgIpc) is 2.27. The van der Waals surface area contributed by atoms with Gasteiger partial charge in [0.1, 0.15) is 11.9 Å². The van der Waals surface area contributed by atoms with E-state index in [1.165, 1.54) is 18.2 Å². The van der Waals surface area contributed by atoms with Crippen LogP contribution in [0.5, 0.6) is 0 Å². The number of hydrogen-bond donors (Lipinski definition) is 1. The summed E-state index contributed by atoms with van der Waals surface area (Å²) in [6.45, 7) is 4.68. The highest BCUT2D eigenvalue weighted by atomic mass is 35.5. The van der Waals surface area contributed by atoms with Crippen molar-refractivity contribution in [2.24, 2.45) is 0 Å². The van der Waals surface area contributed by atoms with Crippen molar-refractivity contribution in [3.8, 4) is 0 Å². The molecule has 0 aliphatic heterocycles. The maximum absolute atomic E-state index is 13.7. The zero-order valence-electron chi connectivity index (χ0n) is 9.78. The van der Waals surface area contributed by atoms with Gasteiger partial charge in [0, 0.05) is 10.6 Å². The minimum atomic E-state index is -1.10. The van der Waals surface area contributed by atoms with Gasteiger partial charge in [-0.1, -0.05) is 31.5 Å². The molecule has 94 valence electrons. The Bertz CT molecular complexity index is 387. The lowest BCUT2D eigenvalue weighted by atomic mass is 10.0. The number of carboxylic acid groups (broad SMARTS) is 1. The fraction of sp³-hybridized carbons (Fsp3) is 0.417. The molecule has 1 N–H and O–H groups in total. The fourth-order valence-corrected chi connectivity index (χ4v) is 2.09. The molecule has 0 fully saturated rings. The molecular weight excluding hydrogens is 245 g/mol. The molecule has 0 aliphatic carbocycles. The Morgan fingerprint density at radius 1 is 1.47 bits per heavy atom. The van der Waals surface area contributed by atoms with Crippen LogP contribution in [-0.2, 0) is 4.79 Å². The molecule has 0 radical (unpaired) electrons. The minimum absolute atomic E-state index is 0.0327. The molecule has 1 aromatic carbocycles. The predicted molar refractivity (Wildman–Crippen MR) is 64.7 cm³/mol. The Labute approximate surface area is 105 Å². The predicted octanol–water partition coefficient (Wildman–Crippen LogP) is 2.95. The highest BCUT2D eigenvalue weighted by Crippen LogP contribution is 2.30. The maximum Gasteiger partial charge on any atom is 0.325 e. The molecular formula is C12H15ClFNO2. The van der Waals surface area contributed by atoms with Crippen molar-refractivity contribution in [1.29, 1.82) is 0 Å². The van der Waals surface area contributed by atoms with Crippen LogP contribution >= 0.6 is 11.6 Å². The summed E-state index contributed by atoms with van der Waals surface area (Å²) in [7, 11) is 0. The van der Waals surface area contributed by atoms with E-state index in [1.807, 2.05) is 13.8 Å². The third-order valence-electron chi connectivity index (χ3n) is 2.68. The fourth-order valence-electron chi connectivity index (χ4n) is 1.82. The van der Waals surface area contributed by atoms with Crippen molar-refractivity contribution in [3.05, 3.63) is 34.6 Å². The van der Waals surface area contributed by atoms with Crippen LogP contribution in [0.25, 0.3) is 0 Å². The summed E-state index contributed by atoms with van der Waals surface area (Å²) in [6, 6.07) is 3.14. The van der Waals surface area contributed by atoms with Gasteiger partial charge >= 0.3 is 5.97 Å². The standard InChI is InChI=1S/C12H15ClFNO2/c1-3-15(4-2)11(12(16)17)10-8(13)6-5-7-9(10)14/h5-7,11H,3-4H2,1-2H3,(H,16,17). The molecule has 0 aromatic heterocycles. The molecule has 0 spiro atoms. The van der Waals surface area contributed by atoms with Gasteiger partial charge in [0.25, 0.3) is 0 Å². The van der Waals surface area contributed by atoms with E-state index in [4.69, 9.17) is 11.6 Å². The second kappa shape index (κ2) is 5.98. The Balaban J connectivity index is 3.27. The zero-order valence-corrected chi connectivity index (χ0v) is 10.5. The Kier molecular flexibility index (Phi) is 4.90. The third-order valence-corrected chi connectivity index (χ3v) is 3.01. The Hall–Kier alpha value is -1.13. The number of aliphatic carboxylic acids is 1. The van der Waals surface area contributed by atoms with Crippen molar-refractivity contribution >= 4 is 17.6 Å². The molecule has 1 atom stereocenters. The van der Waals surface area contributed by atoms with Gasteiger partial charge in [-0.3, -0.25) is 9.69 Å². The Morgan fingerprint density at radius 3 is 2.47 bits per heavy atom. The summed E-state index contributed by atoms with van der Waals surface area (Å²) in [5.41, 5.74) is 0.0327. The van der Waals surface area contributed by atoms with Crippen molar-refractivity contribution in [3.63, 3.8) is 0 Å². The van der Waals surface area contributed by atoms with E-state index in [-0.39, 0.29) is 10.6 Å². The maximum atomic E-state index is 13.7.